The summed E-state index contributed by atoms with van der Waals surface area (Å²) >= 11 is 0. The van der Waals surface area contributed by atoms with Crippen molar-refractivity contribution < 1.29 is 9.47 Å². The molecule has 1 aliphatic heterocycles. The van der Waals surface area contributed by atoms with Crippen LogP contribution in [0.2, 0.25) is 0 Å². The molecule has 0 spiro atoms. The van der Waals surface area contributed by atoms with E-state index in [-0.39, 0.29) is 0 Å². The van der Waals surface area contributed by atoms with Gasteiger partial charge in [-0.15, -0.1) is 0 Å². The number of hydrogen-bond acceptors (Lipinski definition) is 4. The van der Waals surface area contributed by atoms with E-state index in [1.807, 2.05) is 19.6 Å². The number of aliphatic imine (C=N–C) groups is 1. The Bertz CT molecular complexity index is 715. The molecule has 0 radical (unpaired) electrons. The van der Waals surface area contributed by atoms with Crippen molar-refractivity contribution in [2.24, 2.45) is 10.9 Å². The lowest BCUT2D eigenvalue weighted by atomic mass is 10.1. The van der Waals surface area contributed by atoms with Crippen LogP contribution in [0.15, 0.2) is 48.0 Å². The zero-order chi connectivity index (χ0) is 19.6. The van der Waals surface area contributed by atoms with Crippen LogP contribution in [0, 0.1) is 5.92 Å². The number of rotatable bonds is 9. The largest absolute Gasteiger partial charge is 0.382 e. The molecule has 0 saturated carbocycles. The van der Waals surface area contributed by atoms with Gasteiger partial charge in [0.25, 0.3) is 0 Å². The van der Waals surface area contributed by atoms with E-state index in [9.17, 15) is 0 Å². The van der Waals surface area contributed by atoms with Gasteiger partial charge in [-0.3, -0.25) is 4.99 Å². The van der Waals surface area contributed by atoms with Gasteiger partial charge < -0.3 is 24.3 Å². The normalized spacial score (nSPS) is 17.3. The van der Waals surface area contributed by atoms with Crippen LogP contribution in [0.1, 0.15) is 17.5 Å². The summed E-state index contributed by atoms with van der Waals surface area (Å²) in [5.74, 6) is 1.51. The van der Waals surface area contributed by atoms with E-state index in [2.05, 4.69) is 49.0 Å². The second-order valence-electron chi connectivity index (χ2n) is 7.12. The van der Waals surface area contributed by atoms with E-state index in [1.54, 1.807) is 13.3 Å². The zero-order valence-electron chi connectivity index (χ0n) is 16.9. The molecule has 0 aliphatic carbocycles. The number of benzene rings is 1. The number of aromatic nitrogens is 2. The van der Waals surface area contributed by atoms with Crippen LogP contribution in [0.3, 0.4) is 0 Å². The highest BCUT2D eigenvalue weighted by Crippen LogP contribution is 2.17. The minimum absolute atomic E-state index is 0.554. The molecule has 1 aliphatic rings. The Morgan fingerprint density at radius 3 is 2.79 bits per heavy atom. The first-order chi connectivity index (χ1) is 13.8. The number of nitrogens with one attached hydrogen (secondary N) is 1. The molecule has 152 valence electrons. The summed E-state index contributed by atoms with van der Waals surface area (Å²) in [6.07, 6.45) is 6.76. The fourth-order valence-electron chi connectivity index (χ4n) is 3.42. The molecular weight excluding hydrogens is 354 g/mol. The summed E-state index contributed by atoms with van der Waals surface area (Å²) in [6.45, 7) is 5.71. The average Bonchev–Trinajstić information content (AvgIpc) is 3.39. The number of ether oxygens (including phenoxy) is 2. The van der Waals surface area contributed by atoms with Gasteiger partial charge in [-0.1, -0.05) is 24.3 Å². The molecule has 2 aromatic rings. The third-order valence-corrected chi connectivity index (χ3v) is 4.98. The predicted molar refractivity (Wildman–Crippen MR) is 110 cm³/mol. The lowest BCUT2D eigenvalue weighted by Crippen LogP contribution is -2.39. The van der Waals surface area contributed by atoms with Gasteiger partial charge in [-0.2, -0.15) is 0 Å². The molecule has 1 unspecified atom stereocenters. The predicted octanol–water partition coefficient (Wildman–Crippen LogP) is 1.99. The quantitative estimate of drug-likeness (QED) is 0.406. The monoisotopic (exact) mass is 385 g/mol. The van der Waals surface area contributed by atoms with Crippen molar-refractivity contribution in [1.29, 1.82) is 0 Å². The number of nitrogens with zero attached hydrogens (tertiary/aromatic N) is 4. The smallest absolute Gasteiger partial charge is 0.193 e. The molecular formula is C21H31N5O2. The fourth-order valence-corrected chi connectivity index (χ4v) is 3.42. The molecule has 1 aromatic carbocycles. The van der Waals surface area contributed by atoms with Crippen molar-refractivity contribution in [2.45, 2.75) is 19.5 Å². The zero-order valence-corrected chi connectivity index (χ0v) is 16.9. The van der Waals surface area contributed by atoms with Crippen LogP contribution in [-0.4, -0.2) is 67.5 Å². The molecule has 1 atom stereocenters. The van der Waals surface area contributed by atoms with Crippen LogP contribution in [0.4, 0.5) is 0 Å². The van der Waals surface area contributed by atoms with E-state index < -0.39 is 0 Å². The van der Waals surface area contributed by atoms with Crippen LogP contribution >= 0.6 is 0 Å². The van der Waals surface area contributed by atoms with E-state index in [0.717, 1.165) is 45.2 Å². The fraction of sp³-hybridized carbons (Fsp3) is 0.524. The number of hydrogen-bond donors (Lipinski definition) is 1. The van der Waals surface area contributed by atoms with Crippen LogP contribution in [0.5, 0.6) is 0 Å². The average molecular weight is 386 g/mol. The molecule has 28 heavy (non-hydrogen) atoms. The maximum Gasteiger partial charge on any atom is 0.193 e. The third-order valence-electron chi connectivity index (χ3n) is 4.98. The SMILES string of the molecule is CN=C(NCc1ccc(Cn2ccnc2)cc1)N1CCC(COCCOC)C1. The maximum absolute atomic E-state index is 5.68. The summed E-state index contributed by atoms with van der Waals surface area (Å²) < 4.78 is 12.8. The first-order valence-corrected chi connectivity index (χ1v) is 9.84. The van der Waals surface area contributed by atoms with Crippen LogP contribution < -0.4 is 5.32 Å². The van der Waals surface area contributed by atoms with E-state index in [0.29, 0.717) is 19.1 Å². The van der Waals surface area contributed by atoms with E-state index >= 15 is 0 Å². The van der Waals surface area contributed by atoms with Gasteiger partial charge in [-0.25, -0.2) is 4.98 Å². The highest BCUT2D eigenvalue weighted by molar-refractivity contribution is 5.80. The van der Waals surface area contributed by atoms with Gasteiger partial charge >= 0.3 is 0 Å². The van der Waals surface area contributed by atoms with Gasteiger partial charge in [0, 0.05) is 58.6 Å². The Balaban J connectivity index is 1.43. The molecule has 7 nitrogen and oxygen atoms in total. The second kappa shape index (κ2) is 10.8. The summed E-state index contributed by atoms with van der Waals surface area (Å²) in [4.78, 5) is 10.9. The maximum atomic E-state index is 5.68. The number of methoxy groups -OCH3 is 1. The van der Waals surface area contributed by atoms with Crippen molar-refractivity contribution in [3.63, 3.8) is 0 Å². The van der Waals surface area contributed by atoms with Gasteiger partial charge in [0.15, 0.2) is 5.96 Å². The van der Waals surface area contributed by atoms with Gasteiger partial charge in [0.05, 0.1) is 26.1 Å². The van der Waals surface area contributed by atoms with Crippen molar-refractivity contribution in [3.05, 3.63) is 54.1 Å². The molecule has 1 saturated heterocycles. The molecule has 0 bridgehead atoms. The van der Waals surface area contributed by atoms with Crippen molar-refractivity contribution >= 4 is 5.96 Å². The Kier molecular flexibility index (Phi) is 7.87. The van der Waals surface area contributed by atoms with Crippen LogP contribution in [-0.2, 0) is 22.6 Å². The standard InChI is InChI=1S/C21H31N5O2/c1-22-21(26-9-7-20(15-26)16-28-12-11-27-2)24-13-18-3-5-19(6-4-18)14-25-10-8-23-17-25/h3-6,8,10,17,20H,7,9,11-16H2,1-2H3,(H,22,24). The first kappa shape index (κ1) is 20.4. The number of imidazole rings is 1. The van der Waals surface area contributed by atoms with E-state index in [1.165, 1.54) is 11.1 Å². The molecule has 1 fully saturated rings. The number of likely N-dealkylation sites (tertiary alicyclic amines) is 1. The highest BCUT2D eigenvalue weighted by Gasteiger charge is 2.24. The van der Waals surface area contributed by atoms with Crippen molar-refractivity contribution in [3.8, 4) is 0 Å². The third kappa shape index (κ3) is 6.07. The Labute approximate surface area is 167 Å². The Morgan fingerprint density at radius 2 is 2.07 bits per heavy atom. The molecule has 7 heteroatoms. The lowest BCUT2D eigenvalue weighted by Gasteiger charge is -2.22. The van der Waals surface area contributed by atoms with Gasteiger partial charge in [-0.05, 0) is 17.5 Å². The molecule has 1 N–H and O–H groups in total. The summed E-state index contributed by atoms with van der Waals surface area (Å²) in [7, 11) is 3.54. The Morgan fingerprint density at radius 1 is 1.25 bits per heavy atom. The molecule has 3 rings (SSSR count). The highest BCUT2D eigenvalue weighted by atomic mass is 16.5. The minimum Gasteiger partial charge on any atom is -0.382 e. The first-order valence-electron chi connectivity index (χ1n) is 9.84. The molecule has 0 amide bonds. The van der Waals surface area contributed by atoms with E-state index in [4.69, 9.17) is 9.47 Å². The summed E-state index contributed by atoms with van der Waals surface area (Å²) in [5.41, 5.74) is 2.51. The van der Waals surface area contributed by atoms with Crippen LogP contribution in [0.25, 0.3) is 0 Å². The Hall–Kier alpha value is -2.38. The lowest BCUT2D eigenvalue weighted by molar-refractivity contribution is 0.0536. The molecule has 1 aromatic heterocycles. The summed E-state index contributed by atoms with van der Waals surface area (Å²) in [6, 6.07) is 8.68. The van der Waals surface area contributed by atoms with Gasteiger partial charge in [0.1, 0.15) is 0 Å². The number of guanidine groups is 1. The second-order valence-corrected chi connectivity index (χ2v) is 7.12. The minimum atomic E-state index is 0.554. The topological polar surface area (TPSA) is 63.9 Å². The van der Waals surface area contributed by atoms with Gasteiger partial charge in [0.2, 0.25) is 0 Å². The van der Waals surface area contributed by atoms with Crippen molar-refractivity contribution in [1.82, 2.24) is 19.8 Å². The summed E-state index contributed by atoms with van der Waals surface area (Å²) in [5, 5.41) is 3.49. The molecule has 2 heterocycles. The van der Waals surface area contributed by atoms with Crippen molar-refractivity contribution in [2.75, 3.05) is 47.1 Å².